The number of anilines is 1. The van der Waals surface area contributed by atoms with Crippen molar-refractivity contribution in [2.45, 2.75) is 24.5 Å². The number of carbonyl (C=O) groups is 1. The predicted molar refractivity (Wildman–Crippen MR) is 63.2 cm³/mol. The summed E-state index contributed by atoms with van der Waals surface area (Å²) in [5.74, 6) is 0.744. The van der Waals surface area contributed by atoms with Crippen molar-refractivity contribution in [3.05, 3.63) is 28.8 Å². The van der Waals surface area contributed by atoms with E-state index in [2.05, 4.69) is 15.0 Å². The van der Waals surface area contributed by atoms with Crippen LogP contribution in [0.15, 0.2) is 23.4 Å². The first-order valence-electron chi connectivity index (χ1n) is 5.64. The Bertz CT molecular complexity index is 562. The number of fused-ring (bicyclic) bond motifs is 1. The summed E-state index contributed by atoms with van der Waals surface area (Å²) in [6.07, 6.45) is 3.02. The molecule has 0 radical (unpaired) electrons. The molecule has 1 fully saturated rings. The number of ether oxygens (including phenoxy) is 1. The molecule has 1 spiro atoms. The second kappa shape index (κ2) is 3.61. The van der Waals surface area contributed by atoms with Crippen LogP contribution in [0.2, 0.25) is 0 Å². The lowest BCUT2D eigenvalue weighted by molar-refractivity contribution is -0.121. The molecular formula is C11H11N5O2. The highest BCUT2D eigenvalue weighted by Crippen LogP contribution is 2.48. The van der Waals surface area contributed by atoms with Crippen molar-refractivity contribution in [2.75, 3.05) is 11.9 Å². The van der Waals surface area contributed by atoms with E-state index in [1.54, 1.807) is 25.4 Å². The molecular weight excluding hydrogens is 234 g/mol. The number of azide groups is 1. The first-order chi connectivity index (χ1) is 8.68. The number of pyridine rings is 1. The van der Waals surface area contributed by atoms with Crippen LogP contribution in [0.3, 0.4) is 0 Å². The number of hydrogen-bond acceptors (Lipinski definition) is 4. The van der Waals surface area contributed by atoms with Gasteiger partial charge in [-0.25, -0.2) is 4.98 Å². The first-order valence-corrected chi connectivity index (χ1v) is 5.64. The van der Waals surface area contributed by atoms with Gasteiger partial charge in [0.1, 0.15) is 5.60 Å². The van der Waals surface area contributed by atoms with E-state index in [-0.39, 0.29) is 5.91 Å². The minimum Gasteiger partial charge on any atom is -0.482 e. The van der Waals surface area contributed by atoms with Crippen molar-refractivity contribution in [1.29, 1.82) is 0 Å². The monoisotopic (exact) mass is 245 g/mol. The van der Waals surface area contributed by atoms with E-state index in [1.807, 2.05) is 0 Å². The molecule has 0 aromatic carbocycles. The first kappa shape index (κ1) is 10.9. The third-order valence-corrected chi connectivity index (χ3v) is 3.35. The van der Waals surface area contributed by atoms with Crippen LogP contribution in [-0.2, 0) is 4.79 Å². The molecule has 1 unspecified atom stereocenters. The molecule has 2 aliphatic rings. The van der Waals surface area contributed by atoms with Gasteiger partial charge in [0.05, 0.1) is 0 Å². The Kier molecular flexibility index (Phi) is 2.18. The van der Waals surface area contributed by atoms with Gasteiger partial charge in [0.25, 0.3) is 0 Å². The zero-order valence-electron chi connectivity index (χ0n) is 9.78. The average Bonchev–Trinajstić information content (AvgIpc) is 3.15. The summed E-state index contributed by atoms with van der Waals surface area (Å²) < 4.78 is 5.87. The Balaban J connectivity index is 2.12. The number of aromatic nitrogens is 1. The zero-order chi connectivity index (χ0) is 12.8. The van der Waals surface area contributed by atoms with Gasteiger partial charge in [0.2, 0.25) is 5.91 Å². The third-order valence-electron chi connectivity index (χ3n) is 3.35. The lowest BCUT2D eigenvalue weighted by Gasteiger charge is -2.20. The number of hydrogen-bond donors (Lipinski definition) is 0. The van der Waals surface area contributed by atoms with Gasteiger partial charge in [-0.2, -0.15) is 0 Å². The van der Waals surface area contributed by atoms with E-state index >= 15 is 0 Å². The maximum Gasteiger partial charge on any atom is 0.241 e. The quantitative estimate of drug-likeness (QED) is 0.428. The molecule has 1 amide bonds. The fraction of sp³-hybridized carbons (Fsp3) is 0.455. The second-order valence-electron chi connectivity index (χ2n) is 4.50. The van der Waals surface area contributed by atoms with E-state index in [0.717, 1.165) is 0 Å². The molecule has 1 aromatic heterocycles. The van der Waals surface area contributed by atoms with Crippen molar-refractivity contribution in [3.8, 4) is 5.75 Å². The van der Waals surface area contributed by atoms with E-state index in [1.165, 1.54) is 4.90 Å². The van der Waals surface area contributed by atoms with Crippen LogP contribution in [0.4, 0.5) is 5.82 Å². The van der Waals surface area contributed by atoms with Crippen LogP contribution < -0.4 is 9.64 Å². The van der Waals surface area contributed by atoms with Crippen molar-refractivity contribution in [2.24, 2.45) is 5.11 Å². The number of nitrogens with zero attached hydrogens (tertiary/aromatic N) is 5. The van der Waals surface area contributed by atoms with Gasteiger partial charge in [0, 0.05) is 18.2 Å². The third kappa shape index (κ3) is 1.41. The fourth-order valence-electron chi connectivity index (χ4n) is 2.21. The van der Waals surface area contributed by atoms with Crippen LogP contribution in [0.25, 0.3) is 10.4 Å². The predicted octanol–water partition coefficient (Wildman–Crippen LogP) is 1.65. The maximum atomic E-state index is 12.3. The molecule has 7 heteroatoms. The van der Waals surface area contributed by atoms with Gasteiger partial charge in [-0.15, -0.1) is 0 Å². The van der Waals surface area contributed by atoms with Crippen LogP contribution in [0, 0.1) is 0 Å². The zero-order valence-corrected chi connectivity index (χ0v) is 9.78. The molecule has 1 saturated carbocycles. The number of amides is 1. The highest BCUT2D eigenvalue weighted by atomic mass is 16.5. The average molecular weight is 245 g/mol. The topological polar surface area (TPSA) is 91.2 Å². The molecule has 1 aliphatic carbocycles. The largest absolute Gasteiger partial charge is 0.482 e. The Hall–Kier alpha value is -2.27. The van der Waals surface area contributed by atoms with Gasteiger partial charge >= 0.3 is 0 Å². The summed E-state index contributed by atoms with van der Waals surface area (Å²) in [5.41, 5.74) is 7.93. The molecule has 0 N–H and O–H groups in total. The highest BCUT2D eigenvalue weighted by Gasteiger charge is 2.57. The molecule has 18 heavy (non-hydrogen) atoms. The van der Waals surface area contributed by atoms with Crippen LogP contribution in [0.5, 0.6) is 5.75 Å². The lowest BCUT2D eigenvalue weighted by Crippen LogP contribution is -2.43. The minimum absolute atomic E-state index is 0.275. The summed E-state index contributed by atoms with van der Waals surface area (Å²) in [6, 6.07) is 2.70. The van der Waals surface area contributed by atoms with E-state index in [0.29, 0.717) is 24.4 Å². The van der Waals surface area contributed by atoms with E-state index in [4.69, 9.17) is 10.3 Å². The van der Waals surface area contributed by atoms with Crippen molar-refractivity contribution in [1.82, 2.24) is 4.98 Å². The molecule has 2 heterocycles. The molecule has 3 rings (SSSR count). The van der Waals surface area contributed by atoms with E-state index in [9.17, 15) is 4.79 Å². The molecule has 0 saturated heterocycles. The van der Waals surface area contributed by atoms with Crippen LogP contribution in [-0.4, -0.2) is 29.6 Å². The van der Waals surface area contributed by atoms with Gasteiger partial charge < -0.3 is 4.74 Å². The summed E-state index contributed by atoms with van der Waals surface area (Å²) in [6.45, 7) is 0. The van der Waals surface area contributed by atoms with Crippen LogP contribution in [0.1, 0.15) is 12.8 Å². The minimum atomic E-state index is -0.818. The lowest BCUT2D eigenvalue weighted by atomic mass is 10.1. The standard InChI is InChI=1S/C11H11N5O2/c1-16-9-7(3-2-6-13-9)18-11(4-5-11)8(10(16)17)14-15-12/h2-3,6,8H,4-5H2,1H3. The summed E-state index contributed by atoms with van der Waals surface area (Å²) >= 11 is 0. The molecule has 7 nitrogen and oxygen atoms in total. The molecule has 1 aromatic rings. The summed E-state index contributed by atoms with van der Waals surface area (Å²) in [5, 5.41) is 3.61. The fourth-order valence-corrected chi connectivity index (χ4v) is 2.21. The molecule has 1 atom stereocenters. The summed E-state index contributed by atoms with van der Waals surface area (Å²) in [4.78, 5) is 20.6. The SMILES string of the molecule is CN1C(=O)C(N=[N+]=[N-])C2(CC2)Oc2cccnc21. The number of rotatable bonds is 1. The number of carbonyl (C=O) groups excluding carboxylic acids is 1. The normalized spacial score (nSPS) is 23.7. The van der Waals surface area contributed by atoms with Gasteiger partial charge in [-0.3, -0.25) is 9.69 Å². The van der Waals surface area contributed by atoms with Crippen molar-refractivity contribution < 1.29 is 9.53 Å². The molecule has 92 valence electrons. The van der Waals surface area contributed by atoms with Crippen molar-refractivity contribution >= 4 is 11.7 Å². The van der Waals surface area contributed by atoms with Crippen molar-refractivity contribution in [3.63, 3.8) is 0 Å². The smallest absolute Gasteiger partial charge is 0.241 e. The van der Waals surface area contributed by atoms with Gasteiger partial charge in [-0.05, 0) is 30.5 Å². The van der Waals surface area contributed by atoms with Crippen LogP contribution >= 0.6 is 0 Å². The Morgan fingerprint density at radius 1 is 1.67 bits per heavy atom. The highest BCUT2D eigenvalue weighted by molar-refractivity contribution is 5.99. The van der Waals surface area contributed by atoms with Gasteiger partial charge in [0.15, 0.2) is 17.6 Å². The second-order valence-corrected chi connectivity index (χ2v) is 4.50. The number of likely N-dealkylation sites (N-methyl/N-ethyl adjacent to an activating group) is 1. The van der Waals surface area contributed by atoms with E-state index < -0.39 is 11.6 Å². The Labute approximate surface area is 103 Å². The summed E-state index contributed by atoms with van der Waals surface area (Å²) in [7, 11) is 1.61. The van der Waals surface area contributed by atoms with Gasteiger partial charge in [-0.1, -0.05) is 5.11 Å². The Morgan fingerprint density at radius 2 is 2.44 bits per heavy atom. The maximum absolute atomic E-state index is 12.3. The molecule has 1 aliphatic heterocycles. The Morgan fingerprint density at radius 3 is 3.11 bits per heavy atom. The molecule has 0 bridgehead atoms.